The van der Waals surface area contributed by atoms with E-state index in [1.165, 1.54) is 19.3 Å². The van der Waals surface area contributed by atoms with Crippen LogP contribution in [0.25, 0.3) is 5.53 Å². The predicted molar refractivity (Wildman–Crippen MR) is 62.5 cm³/mol. The predicted octanol–water partition coefficient (Wildman–Crippen LogP) is 0.175. The summed E-state index contributed by atoms with van der Waals surface area (Å²) >= 11 is 0. The van der Waals surface area contributed by atoms with Gasteiger partial charge in [0.2, 0.25) is 0 Å². The van der Waals surface area contributed by atoms with E-state index in [1.54, 1.807) is 0 Å². The Hall–Kier alpha value is -1.59. The minimum absolute atomic E-state index is 0.561. The molecule has 1 unspecified atom stereocenters. The fraction of sp³-hybridized carbons (Fsp3) is 0.364. The molecular formula is C11H15N5. The first-order valence-corrected chi connectivity index (χ1v) is 5.61. The molecule has 0 bridgehead atoms. The van der Waals surface area contributed by atoms with Crippen molar-refractivity contribution in [2.24, 2.45) is 5.10 Å². The largest absolute Gasteiger partial charge is 0.417 e. The Labute approximate surface area is 94.2 Å². The molecule has 1 aliphatic carbocycles. The van der Waals surface area contributed by atoms with Gasteiger partial charge in [0.25, 0.3) is 0 Å². The average molecular weight is 217 g/mol. The summed E-state index contributed by atoms with van der Waals surface area (Å²) in [6.07, 6.45) is 3.73. The summed E-state index contributed by atoms with van der Waals surface area (Å²) in [6.45, 7) is 0. The highest BCUT2D eigenvalue weighted by molar-refractivity contribution is 5.99. The molecule has 1 fully saturated rings. The molecule has 1 atom stereocenters. The van der Waals surface area contributed by atoms with Gasteiger partial charge in [0, 0.05) is 24.1 Å². The maximum atomic E-state index is 5.74. The molecule has 0 radical (unpaired) electrons. The summed E-state index contributed by atoms with van der Waals surface area (Å²) in [5, 5.41) is 5.47. The second kappa shape index (κ2) is 3.77. The zero-order valence-electron chi connectivity index (χ0n) is 8.98. The summed E-state index contributed by atoms with van der Waals surface area (Å²) in [6, 6.07) is 8.25. The molecule has 1 saturated carbocycles. The van der Waals surface area contributed by atoms with E-state index < -0.39 is 0 Å². The first kappa shape index (κ1) is 9.62. The van der Waals surface area contributed by atoms with Crippen molar-refractivity contribution in [2.45, 2.75) is 25.3 Å². The van der Waals surface area contributed by atoms with Gasteiger partial charge in [-0.1, -0.05) is 17.2 Å². The highest BCUT2D eigenvalue weighted by atomic mass is 15.9. The van der Waals surface area contributed by atoms with Crippen LogP contribution in [0.3, 0.4) is 0 Å². The molecule has 5 heteroatoms. The summed E-state index contributed by atoms with van der Waals surface area (Å²) in [4.78, 5) is 0. The Morgan fingerprint density at radius 2 is 2.31 bits per heavy atom. The lowest BCUT2D eigenvalue weighted by molar-refractivity contribution is -0.900. The third-order valence-corrected chi connectivity index (χ3v) is 3.13. The number of hydrogen-bond donors (Lipinski definition) is 3. The van der Waals surface area contributed by atoms with Crippen molar-refractivity contribution in [1.29, 1.82) is 0 Å². The van der Waals surface area contributed by atoms with Crippen LogP contribution in [-0.2, 0) is 0 Å². The number of rotatable bonds is 2. The van der Waals surface area contributed by atoms with Gasteiger partial charge in [-0.25, -0.2) is 0 Å². The minimum atomic E-state index is 0.561. The lowest BCUT2D eigenvalue weighted by Crippen LogP contribution is -3.07. The maximum absolute atomic E-state index is 5.74. The van der Waals surface area contributed by atoms with Gasteiger partial charge < -0.3 is 16.7 Å². The SMILES string of the molecule is Nc1cccc(C2=N[NH+](C3CCC3)[N-]N2)c1. The van der Waals surface area contributed by atoms with Crippen LogP contribution in [0.15, 0.2) is 29.4 Å². The molecule has 1 heterocycles. The van der Waals surface area contributed by atoms with E-state index in [1.807, 2.05) is 24.3 Å². The van der Waals surface area contributed by atoms with E-state index in [0.29, 0.717) is 6.04 Å². The summed E-state index contributed by atoms with van der Waals surface area (Å²) in [5.74, 6) is 0.814. The van der Waals surface area contributed by atoms with E-state index in [0.717, 1.165) is 22.2 Å². The quantitative estimate of drug-likeness (QED) is 0.618. The second-order valence-corrected chi connectivity index (χ2v) is 4.30. The van der Waals surface area contributed by atoms with Gasteiger partial charge >= 0.3 is 0 Å². The van der Waals surface area contributed by atoms with Gasteiger partial charge in [-0.3, -0.25) is 5.12 Å². The first-order chi connectivity index (χ1) is 7.83. The van der Waals surface area contributed by atoms with Crippen LogP contribution in [0, 0.1) is 0 Å². The number of amidine groups is 1. The lowest BCUT2D eigenvalue weighted by Gasteiger charge is -2.33. The summed E-state index contributed by atoms with van der Waals surface area (Å²) in [5.41, 5.74) is 14.7. The van der Waals surface area contributed by atoms with Gasteiger partial charge in [0.1, 0.15) is 6.04 Å². The van der Waals surface area contributed by atoms with Crippen LogP contribution in [0.1, 0.15) is 24.8 Å². The Bertz CT molecular complexity index is 424. The standard InChI is InChI=1S/C11H15N5/c12-9-4-1-3-8(7-9)11-13-15-16(14-11)10-5-2-6-10/h1,3-4,7,10,16H,2,5-6,12H2,(H,13,14). The van der Waals surface area contributed by atoms with E-state index in [-0.39, 0.29) is 0 Å². The van der Waals surface area contributed by atoms with Crippen molar-refractivity contribution in [3.05, 3.63) is 35.4 Å². The molecule has 5 nitrogen and oxygen atoms in total. The summed E-state index contributed by atoms with van der Waals surface area (Å²) in [7, 11) is 0. The number of anilines is 1. The molecule has 0 amide bonds. The van der Waals surface area contributed by atoms with Gasteiger partial charge in [0.15, 0.2) is 5.84 Å². The van der Waals surface area contributed by atoms with Gasteiger partial charge in [-0.05, 0) is 18.6 Å². The number of hydrogen-bond acceptors (Lipinski definition) is 3. The highest BCUT2D eigenvalue weighted by Gasteiger charge is 2.27. The molecule has 0 spiro atoms. The molecule has 0 saturated heterocycles. The topological polar surface area (TPSA) is 68.9 Å². The fourth-order valence-corrected chi connectivity index (χ4v) is 1.94. The van der Waals surface area contributed by atoms with Crippen molar-refractivity contribution in [2.75, 3.05) is 5.73 Å². The van der Waals surface area contributed by atoms with Crippen LogP contribution in [0.4, 0.5) is 5.69 Å². The molecule has 16 heavy (non-hydrogen) atoms. The van der Waals surface area contributed by atoms with Crippen LogP contribution in [0.2, 0.25) is 0 Å². The third-order valence-electron chi connectivity index (χ3n) is 3.13. The number of quaternary nitrogens is 1. The molecule has 3 rings (SSSR count). The molecular weight excluding hydrogens is 202 g/mol. The molecule has 2 aliphatic rings. The number of nitrogen functional groups attached to an aromatic ring is 1. The number of nitrogens with two attached hydrogens (primary N) is 1. The average Bonchev–Trinajstić information content (AvgIpc) is 2.64. The molecule has 1 aromatic rings. The molecule has 4 N–H and O–H groups in total. The smallest absolute Gasteiger partial charge is 0.175 e. The van der Waals surface area contributed by atoms with E-state index in [2.05, 4.69) is 16.1 Å². The molecule has 0 aromatic heterocycles. The molecule has 84 valence electrons. The van der Waals surface area contributed by atoms with E-state index in [9.17, 15) is 0 Å². The van der Waals surface area contributed by atoms with Crippen LogP contribution < -0.4 is 16.3 Å². The minimum Gasteiger partial charge on any atom is -0.417 e. The Morgan fingerprint density at radius 1 is 1.44 bits per heavy atom. The van der Waals surface area contributed by atoms with Crippen molar-refractivity contribution in [1.82, 2.24) is 5.43 Å². The van der Waals surface area contributed by atoms with Crippen molar-refractivity contribution in [3.8, 4) is 0 Å². The normalized spacial score (nSPS) is 24.8. The van der Waals surface area contributed by atoms with E-state index >= 15 is 0 Å². The maximum Gasteiger partial charge on any atom is 0.175 e. The van der Waals surface area contributed by atoms with Gasteiger partial charge in [0.05, 0.1) is 0 Å². The Morgan fingerprint density at radius 3 is 3.00 bits per heavy atom. The fourth-order valence-electron chi connectivity index (χ4n) is 1.94. The van der Waals surface area contributed by atoms with Gasteiger partial charge in [-0.2, -0.15) is 0 Å². The number of nitrogens with zero attached hydrogens (tertiary/aromatic N) is 2. The lowest BCUT2D eigenvalue weighted by atomic mass is 9.94. The zero-order chi connectivity index (χ0) is 11.0. The Kier molecular flexibility index (Phi) is 2.27. The van der Waals surface area contributed by atoms with Gasteiger partial charge in [-0.15, -0.1) is 0 Å². The first-order valence-electron chi connectivity index (χ1n) is 5.61. The van der Waals surface area contributed by atoms with Crippen molar-refractivity contribution < 1.29 is 5.12 Å². The van der Waals surface area contributed by atoms with Crippen LogP contribution in [-0.4, -0.2) is 11.9 Å². The number of nitrogens with one attached hydrogen (secondary N) is 2. The second-order valence-electron chi connectivity index (χ2n) is 4.30. The summed E-state index contributed by atoms with van der Waals surface area (Å²) < 4.78 is 0. The zero-order valence-corrected chi connectivity index (χ0v) is 8.98. The monoisotopic (exact) mass is 217 g/mol. The van der Waals surface area contributed by atoms with Crippen LogP contribution in [0.5, 0.6) is 0 Å². The molecule has 1 aliphatic heterocycles. The third kappa shape index (κ3) is 1.64. The van der Waals surface area contributed by atoms with E-state index in [4.69, 9.17) is 5.73 Å². The number of benzene rings is 1. The Balaban J connectivity index is 1.80. The van der Waals surface area contributed by atoms with Crippen molar-refractivity contribution in [3.63, 3.8) is 0 Å². The van der Waals surface area contributed by atoms with Crippen LogP contribution >= 0.6 is 0 Å². The van der Waals surface area contributed by atoms with Crippen molar-refractivity contribution >= 4 is 11.5 Å². The highest BCUT2D eigenvalue weighted by Crippen LogP contribution is 2.16. The molecule has 1 aromatic carbocycles.